The Kier molecular flexibility index (Phi) is 2.83. The summed E-state index contributed by atoms with van der Waals surface area (Å²) < 4.78 is 10.8. The van der Waals surface area contributed by atoms with E-state index in [0.717, 1.165) is 31.6 Å². The largest absolute Gasteiger partial charge is 0.381 e. The van der Waals surface area contributed by atoms with Crippen molar-refractivity contribution in [1.29, 1.82) is 0 Å². The summed E-state index contributed by atoms with van der Waals surface area (Å²) in [4.78, 5) is 8.56. The van der Waals surface area contributed by atoms with E-state index in [0.29, 0.717) is 11.7 Å². The van der Waals surface area contributed by atoms with E-state index in [9.17, 15) is 0 Å². The molecule has 0 unspecified atom stereocenters. The van der Waals surface area contributed by atoms with Crippen LogP contribution in [-0.2, 0) is 10.2 Å². The van der Waals surface area contributed by atoms with Gasteiger partial charge in [-0.2, -0.15) is 4.98 Å². The van der Waals surface area contributed by atoms with Crippen LogP contribution < -0.4 is 0 Å². The van der Waals surface area contributed by atoms with Crippen LogP contribution in [0.25, 0.3) is 11.4 Å². The lowest BCUT2D eigenvalue weighted by molar-refractivity contribution is 0.0447. The van der Waals surface area contributed by atoms with Gasteiger partial charge in [-0.15, -0.1) is 0 Å². The smallest absolute Gasteiger partial charge is 0.233 e. The Hall–Kier alpha value is -1.75. The number of hydrogen-bond acceptors (Lipinski definition) is 5. The van der Waals surface area contributed by atoms with Crippen molar-refractivity contribution in [3.05, 3.63) is 30.4 Å². The van der Waals surface area contributed by atoms with Gasteiger partial charge >= 0.3 is 0 Å². The fourth-order valence-electron chi connectivity index (χ4n) is 2.12. The van der Waals surface area contributed by atoms with E-state index in [1.807, 2.05) is 12.1 Å². The molecule has 5 heteroatoms. The van der Waals surface area contributed by atoms with Crippen LogP contribution >= 0.6 is 0 Å². The van der Waals surface area contributed by atoms with Gasteiger partial charge in [-0.1, -0.05) is 12.1 Å². The first kappa shape index (κ1) is 11.3. The van der Waals surface area contributed by atoms with E-state index >= 15 is 0 Å². The summed E-state index contributed by atoms with van der Waals surface area (Å²) >= 11 is 0. The molecule has 1 aliphatic heterocycles. The third-order valence-corrected chi connectivity index (χ3v) is 3.46. The second-order valence-electron chi connectivity index (χ2n) is 4.84. The molecule has 0 saturated carbocycles. The zero-order valence-electron chi connectivity index (χ0n) is 10.3. The van der Waals surface area contributed by atoms with Crippen molar-refractivity contribution >= 4 is 0 Å². The summed E-state index contributed by atoms with van der Waals surface area (Å²) in [6, 6.07) is 3.79. The van der Waals surface area contributed by atoms with Crippen molar-refractivity contribution in [2.75, 3.05) is 13.2 Å². The van der Waals surface area contributed by atoms with E-state index in [1.54, 1.807) is 12.4 Å². The second kappa shape index (κ2) is 4.49. The zero-order valence-corrected chi connectivity index (χ0v) is 10.3. The Morgan fingerprint density at radius 3 is 2.83 bits per heavy atom. The third-order valence-electron chi connectivity index (χ3n) is 3.46. The van der Waals surface area contributed by atoms with E-state index in [-0.39, 0.29) is 5.41 Å². The van der Waals surface area contributed by atoms with Crippen molar-refractivity contribution in [1.82, 2.24) is 15.1 Å². The standard InChI is InChI=1S/C13H15N3O2/c1-13(4-7-17-8-5-13)12-15-11(16-18-12)10-3-2-6-14-9-10/h2-3,6,9H,4-5,7-8H2,1H3. The molecule has 1 aliphatic rings. The highest BCUT2D eigenvalue weighted by Gasteiger charge is 2.35. The van der Waals surface area contributed by atoms with Crippen LogP contribution in [0.4, 0.5) is 0 Å². The molecule has 0 atom stereocenters. The van der Waals surface area contributed by atoms with Gasteiger partial charge in [0.15, 0.2) is 0 Å². The monoisotopic (exact) mass is 245 g/mol. The van der Waals surface area contributed by atoms with Gasteiger partial charge in [0.2, 0.25) is 11.7 Å². The van der Waals surface area contributed by atoms with Crippen LogP contribution in [-0.4, -0.2) is 28.3 Å². The van der Waals surface area contributed by atoms with Crippen LogP contribution in [0.5, 0.6) is 0 Å². The Bertz CT molecular complexity index is 518. The van der Waals surface area contributed by atoms with Crippen LogP contribution in [0.2, 0.25) is 0 Å². The van der Waals surface area contributed by atoms with E-state index in [1.165, 1.54) is 0 Å². The van der Waals surface area contributed by atoms with Gasteiger partial charge in [-0.25, -0.2) is 0 Å². The molecule has 0 spiro atoms. The zero-order chi connectivity index (χ0) is 12.4. The van der Waals surface area contributed by atoms with Gasteiger partial charge in [0, 0.05) is 31.2 Å². The molecule has 3 rings (SSSR count). The summed E-state index contributed by atoms with van der Waals surface area (Å²) in [5, 5.41) is 4.04. The highest BCUT2D eigenvalue weighted by molar-refractivity contribution is 5.52. The van der Waals surface area contributed by atoms with E-state index in [2.05, 4.69) is 22.0 Å². The first-order chi connectivity index (χ1) is 8.78. The van der Waals surface area contributed by atoms with Gasteiger partial charge < -0.3 is 9.26 Å². The van der Waals surface area contributed by atoms with Gasteiger partial charge in [-0.05, 0) is 25.0 Å². The molecule has 0 aromatic carbocycles. The molecule has 1 saturated heterocycles. The number of ether oxygens (including phenoxy) is 1. The van der Waals surface area contributed by atoms with Gasteiger partial charge in [0.05, 0.1) is 5.41 Å². The topological polar surface area (TPSA) is 61.0 Å². The Labute approximate surface area is 105 Å². The Morgan fingerprint density at radius 1 is 1.28 bits per heavy atom. The first-order valence-corrected chi connectivity index (χ1v) is 6.10. The quantitative estimate of drug-likeness (QED) is 0.811. The fourth-order valence-corrected chi connectivity index (χ4v) is 2.12. The van der Waals surface area contributed by atoms with Crippen molar-refractivity contribution < 1.29 is 9.26 Å². The summed E-state index contributed by atoms with van der Waals surface area (Å²) in [6.45, 7) is 3.65. The molecular formula is C13H15N3O2. The maximum absolute atomic E-state index is 5.42. The first-order valence-electron chi connectivity index (χ1n) is 6.10. The minimum atomic E-state index is -0.0638. The van der Waals surface area contributed by atoms with E-state index < -0.39 is 0 Å². The number of aromatic nitrogens is 3. The van der Waals surface area contributed by atoms with Crippen LogP contribution in [0.3, 0.4) is 0 Å². The van der Waals surface area contributed by atoms with E-state index in [4.69, 9.17) is 9.26 Å². The van der Waals surface area contributed by atoms with Gasteiger partial charge in [-0.3, -0.25) is 4.98 Å². The lowest BCUT2D eigenvalue weighted by atomic mass is 9.82. The number of nitrogens with zero attached hydrogens (tertiary/aromatic N) is 3. The van der Waals surface area contributed by atoms with Crippen molar-refractivity contribution in [3.63, 3.8) is 0 Å². The number of pyridine rings is 1. The van der Waals surface area contributed by atoms with Crippen molar-refractivity contribution in [3.8, 4) is 11.4 Å². The molecule has 0 bridgehead atoms. The highest BCUT2D eigenvalue weighted by atomic mass is 16.5. The van der Waals surface area contributed by atoms with Gasteiger partial charge in [0.1, 0.15) is 0 Å². The predicted molar refractivity (Wildman–Crippen MR) is 64.9 cm³/mol. The SMILES string of the molecule is CC1(c2nc(-c3cccnc3)no2)CCOCC1. The maximum atomic E-state index is 5.42. The second-order valence-corrected chi connectivity index (χ2v) is 4.84. The molecule has 0 radical (unpaired) electrons. The maximum Gasteiger partial charge on any atom is 0.233 e. The average molecular weight is 245 g/mol. The van der Waals surface area contributed by atoms with Gasteiger partial charge in [0.25, 0.3) is 0 Å². The minimum Gasteiger partial charge on any atom is -0.381 e. The molecule has 0 aliphatic carbocycles. The summed E-state index contributed by atoms with van der Waals surface area (Å²) in [5.41, 5.74) is 0.814. The van der Waals surface area contributed by atoms with Crippen LogP contribution in [0.15, 0.2) is 29.0 Å². The van der Waals surface area contributed by atoms with Crippen molar-refractivity contribution in [2.45, 2.75) is 25.2 Å². The molecule has 0 N–H and O–H groups in total. The summed E-state index contributed by atoms with van der Waals surface area (Å²) in [5.74, 6) is 1.30. The molecule has 18 heavy (non-hydrogen) atoms. The Morgan fingerprint density at radius 2 is 2.11 bits per heavy atom. The van der Waals surface area contributed by atoms with Crippen LogP contribution in [0.1, 0.15) is 25.7 Å². The molecule has 0 amide bonds. The molecule has 1 fully saturated rings. The minimum absolute atomic E-state index is 0.0638. The normalized spacial score (nSPS) is 18.7. The molecule has 3 heterocycles. The third kappa shape index (κ3) is 2.01. The summed E-state index contributed by atoms with van der Waals surface area (Å²) in [7, 11) is 0. The molecule has 2 aromatic rings. The molecule has 94 valence electrons. The fraction of sp³-hybridized carbons (Fsp3) is 0.462. The number of rotatable bonds is 2. The lowest BCUT2D eigenvalue weighted by Crippen LogP contribution is -2.30. The average Bonchev–Trinajstić information content (AvgIpc) is 2.91. The lowest BCUT2D eigenvalue weighted by Gasteiger charge is -2.29. The summed E-state index contributed by atoms with van der Waals surface area (Å²) in [6.07, 6.45) is 5.30. The predicted octanol–water partition coefficient (Wildman–Crippen LogP) is 2.20. The van der Waals surface area contributed by atoms with Crippen molar-refractivity contribution in [2.24, 2.45) is 0 Å². The number of hydrogen-bond donors (Lipinski definition) is 0. The molecular weight excluding hydrogens is 230 g/mol. The molecule has 5 nitrogen and oxygen atoms in total. The highest BCUT2D eigenvalue weighted by Crippen LogP contribution is 2.33. The van der Waals surface area contributed by atoms with Crippen LogP contribution in [0, 0.1) is 0 Å². The molecule has 2 aromatic heterocycles. The Balaban J connectivity index is 1.89.